The van der Waals surface area contributed by atoms with Crippen LogP contribution in [0.15, 0.2) is 18.2 Å². The summed E-state index contributed by atoms with van der Waals surface area (Å²) in [7, 11) is 3.33. The molecule has 0 aromatic heterocycles. The fourth-order valence-corrected chi connectivity index (χ4v) is 4.13. The van der Waals surface area contributed by atoms with Gasteiger partial charge in [0.15, 0.2) is 11.9 Å². The number of Topliss-reactive ketones (excluding diaryl/α,β-unsaturated/α-hetero) is 1. The summed E-state index contributed by atoms with van der Waals surface area (Å²) in [4.78, 5) is 51.6. The Hall–Kier alpha value is -2.14. The van der Waals surface area contributed by atoms with E-state index in [0.29, 0.717) is 11.4 Å². The second-order valence-corrected chi connectivity index (χ2v) is 9.58. The van der Waals surface area contributed by atoms with Crippen LogP contribution in [0.1, 0.15) is 37.0 Å². The van der Waals surface area contributed by atoms with Gasteiger partial charge in [-0.2, -0.15) is 0 Å². The number of nitrogens with one attached hydrogen (secondary N) is 1. The van der Waals surface area contributed by atoms with E-state index >= 15 is 0 Å². The number of esters is 1. The van der Waals surface area contributed by atoms with Crippen LogP contribution in [0, 0.1) is 5.92 Å². The first-order valence-corrected chi connectivity index (χ1v) is 11.5. The lowest BCUT2D eigenvalue weighted by Gasteiger charge is -2.37. The van der Waals surface area contributed by atoms with Gasteiger partial charge in [0.25, 0.3) is 5.91 Å². The van der Waals surface area contributed by atoms with E-state index in [1.54, 1.807) is 20.2 Å². The Morgan fingerprint density at radius 3 is 2.50 bits per heavy atom. The van der Waals surface area contributed by atoms with Crippen LogP contribution in [0.2, 0.25) is 15.9 Å². The van der Waals surface area contributed by atoms with Crippen LogP contribution in [0.4, 0.5) is 0 Å². The van der Waals surface area contributed by atoms with Gasteiger partial charge in [-0.05, 0) is 44.6 Å². The van der Waals surface area contributed by atoms with E-state index < -0.39 is 42.9 Å². The molecule has 0 bridgehead atoms. The van der Waals surface area contributed by atoms with Crippen molar-refractivity contribution in [1.29, 1.82) is 0 Å². The Kier molecular flexibility index (Phi) is 10.4. The SMILES string of the molecule is COC(=O)[C@@H]1OB([C@@H](CC(=O)CNC(=O)c2cc(Cl)ccc2Cl)CC(C)C)OC(=O)[C@@H]1N(C)C. The molecule has 0 unspecified atom stereocenters. The van der Waals surface area contributed by atoms with Crippen molar-refractivity contribution in [1.82, 2.24) is 10.2 Å². The van der Waals surface area contributed by atoms with Crippen LogP contribution in [0.3, 0.4) is 0 Å². The van der Waals surface area contributed by atoms with E-state index in [4.69, 9.17) is 37.2 Å². The lowest BCUT2D eigenvalue weighted by molar-refractivity contribution is -0.167. The van der Waals surface area contributed by atoms with Crippen molar-refractivity contribution in [3.8, 4) is 0 Å². The molecule has 34 heavy (non-hydrogen) atoms. The largest absolute Gasteiger partial charge is 0.531 e. The number of carbonyl (C=O) groups excluding carboxylic acids is 4. The number of amides is 1. The molecule has 3 atom stereocenters. The minimum Gasteiger partial charge on any atom is -0.508 e. The second kappa shape index (κ2) is 12.5. The molecule has 0 saturated carbocycles. The van der Waals surface area contributed by atoms with Crippen molar-refractivity contribution in [2.24, 2.45) is 5.92 Å². The molecule has 0 spiro atoms. The van der Waals surface area contributed by atoms with Gasteiger partial charge in [-0.3, -0.25) is 19.3 Å². The van der Waals surface area contributed by atoms with Gasteiger partial charge in [-0.1, -0.05) is 37.0 Å². The summed E-state index contributed by atoms with van der Waals surface area (Å²) in [5.74, 6) is -2.58. The number of carbonyl (C=O) groups is 4. The maximum Gasteiger partial charge on any atom is 0.531 e. The van der Waals surface area contributed by atoms with Crippen LogP contribution in [0.5, 0.6) is 0 Å². The summed E-state index contributed by atoms with van der Waals surface area (Å²) in [6.07, 6.45) is -0.751. The number of hydrogen-bond acceptors (Lipinski definition) is 8. The van der Waals surface area contributed by atoms with Crippen molar-refractivity contribution < 1.29 is 33.2 Å². The third-order valence-corrected chi connectivity index (χ3v) is 5.86. The molecule has 1 amide bonds. The molecule has 0 aliphatic carbocycles. The van der Waals surface area contributed by atoms with Crippen molar-refractivity contribution in [2.45, 2.75) is 44.7 Å². The molecule has 1 aromatic carbocycles. The molecule has 1 heterocycles. The molecule has 1 aliphatic heterocycles. The van der Waals surface area contributed by atoms with E-state index in [9.17, 15) is 19.2 Å². The molecule has 1 aliphatic rings. The van der Waals surface area contributed by atoms with Crippen molar-refractivity contribution >= 4 is 53.9 Å². The molecule has 1 aromatic rings. The normalized spacial score (nSPS) is 19.1. The Labute approximate surface area is 209 Å². The van der Waals surface area contributed by atoms with Gasteiger partial charge in [-0.25, -0.2) is 4.79 Å². The second-order valence-electron chi connectivity index (χ2n) is 8.73. The smallest absolute Gasteiger partial charge is 0.508 e. The van der Waals surface area contributed by atoms with Crippen LogP contribution in [-0.4, -0.2) is 75.5 Å². The number of ketones is 1. The third-order valence-electron chi connectivity index (χ3n) is 5.30. The zero-order chi connectivity index (χ0) is 25.6. The average molecular weight is 515 g/mol. The first-order chi connectivity index (χ1) is 15.9. The zero-order valence-electron chi connectivity index (χ0n) is 19.8. The number of ether oxygens (including phenoxy) is 1. The average Bonchev–Trinajstić information content (AvgIpc) is 2.76. The fraction of sp³-hybridized carbons (Fsp3) is 0.545. The van der Waals surface area contributed by atoms with Gasteiger partial charge < -0.3 is 19.4 Å². The minimum absolute atomic E-state index is 0.0415. The van der Waals surface area contributed by atoms with Gasteiger partial charge in [0.1, 0.15) is 6.04 Å². The highest BCUT2D eigenvalue weighted by molar-refractivity contribution is 6.50. The standard InChI is InChI=1S/C22H29BCl2N2O7/c1-12(2)8-13(23-33-19(22(31)32-5)18(27(3)4)21(30)34-23)9-15(28)11-26-20(29)16-10-14(24)6-7-17(16)25/h6-7,10,12-13,18-19H,8-9,11H2,1-5H3,(H,26,29)/t13-,18-,19-/m1/s1. The van der Waals surface area contributed by atoms with E-state index in [-0.39, 0.29) is 35.3 Å². The van der Waals surface area contributed by atoms with Gasteiger partial charge in [0.05, 0.1) is 24.2 Å². The lowest BCUT2D eigenvalue weighted by Crippen LogP contribution is -2.59. The molecular weight excluding hydrogens is 486 g/mol. The number of likely N-dealkylation sites (N-methyl/N-ethyl adjacent to an activating group) is 1. The molecule has 1 fully saturated rings. The first kappa shape index (κ1) is 28.1. The summed E-state index contributed by atoms with van der Waals surface area (Å²) >= 11 is 12.0. The predicted molar refractivity (Wildman–Crippen MR) is 128 cm³/mol. The van der Waals surface area contributed by atoms with Gasteiger partial charge in [0, 0.05) is 17.3 Å². The Morgan fingerprint density at radius 2 is 1.91 bits per heavy atom. The Bertz CT molecular complexity index is 929. The van der Waals surface area contributed by atoms with Crippen LogP contribution >= 0.6 is 23.2 Å². The topological polar surface area (TPSA) is 111 Å². The van der Waals surface area contributed by atoms with E-state index in [1.165, 1.54) is 24.1 Å². The Balaban J connectivity index is 2.10. The summed E-state index contributed by atoms with van der Waals surface area (Å²) < 4.78 is 16.1. The van der Waals surface area contributed by atoms with Gasteiger partial charge >= 0.3 is 19.1 Å². The monoisotopic (exact) mass is 514 g/mol. The van der Waals surface area contributed by atoms with Crippen molar-refractivity contribution in [2.75, 3.05) is 27.7 Å². The van der Waals surface area contributed by atoms with Crippen LogP contribution < -0.4 is 5.32 Å². The number of benzene rings is 1. The van der Waals surface area contributed by atoms with E-state index in [1.807, 2.05) is 13.8 Å². The maximum absolute atomic E-state index is 12.7. The first-order valence-electron chi connectivity index (χ1n) is 10.8. The highest BCUT2D eigenvalue weighted by Gasteiger charge is 2.50. The lowest BCUT2D eigenvalue weighted by atomic mass is 9.64. The van der Waals surface area contributed by atoms with E-state index in [0.717, 1.165) is 0 Å². The quantitative estimate of drug-likeness (QED) is 0.374. The number of hydrogen-bond donors (Lipinski definition) is 1. The summed E-state index contributed by atoms with van der Waals surface area (Å²) in [5, 5.41) is 3.08. The molecule has 0 radical (unpaired) electrons. The number of halogens is 2. The summed E-state index contributed by atoms with van der Waals surface area (Å²) in [6, 6.07) is 3.48. The third kappa shape index (κ3) is 7.43. The predicted octanol–water partition coefficient (Wildman–Crippen LogP) is 2.63. The molecule has 186 valence electrons. The highest BCUT2D eigenvalue weighted by Crippen LogP contribution is 2.31. The van der Waals surface area contributed by atoms with E-state index in [2.05, 4.69) is 5.32 Å². The Morgan fingerprint density at radius 1 is 1.24 bits per heavy atom. The molecular formula is C22H29BCl2N2O7. The summed E-state index contributed by atoms with van der Waals surface area (Å²) in [6.45, 7) is 3.63. The zero-order valence-corrected chi connectivity index (χ0v) is 21.3. The molecule has 12 heteroatoms. The van der Waals surface area contributed by atoms with Crippen molar-refractivity contribution in [3.05, 3.63) is 33.8 Å². The number of rotatable bonds is 10. The van der Waals surface area contributed by atoms with Gasteiger partial charge in [-0.15, -0.1) is 0 Å². The highest BCUT2D eigenvalue weighted by atomic mass is 35.5. The fourth-order valence-electron chi connectivity index (χ4n) is 3.75. The minimum atomic E-state index is -1.19. The molecule has 2 rings (SSSR count). The maximum atomic E-state index is 12.7. The molecule has 1 N–H and O–H groups in total. The molecule has 1 saturated heterocycles. The van der Waals surface area contributed by atoms with Crippen LogP contribution in [-0.2, 0) is 28.4 Å². The number of methoxy groups -OCH3 is 1. The molecule has 9 nitrogen and oxygen atoms in total. The van der Waals surface area contributed by atoms with Crippen molar-refractivity contribution in [3.63, 3.8) is 0 Å². The number of nitrogens with zero attached hydrogens (tertiary/aromatic N) is 1. The van der Waals surface area contributed by atoms with Crippen LogP contribution in [0.25, 0.3) is 0 Å². The van der Waals surface area contributed by atoms with Gasteiger partial charge in [0.2, 0.25) is 0 Å². The summed E-state index contributed by atoms with van der Waals surface area (Å²) in [5.41, 5.74) is 0.154.